The van der Waals surface area contributed by atoms with Gasteiger partial charge in [0.2, 0.25) is 0 Å². The molecule has 1 saturated carbocycles. The molecule has 3 N–H and O–H groups in total. The highest BCUT2D eigenvalue weighted by atomic mass is 16.5. The van der Waals surface area contributed by atoms with Gasteiger partial charge in [-0.05, 0) is 61.2 Å². The molecule has 180 valence electrons. The number of amides is 1. The number of H-pyrrole nitrogens is 1. The van der Waals surface area contributed by atoms with E-state index < -0.39 is 11.0 Å². The predicted octanol–water partition coefficient (Wildman–Crippen LogP) is 0.963. The van der Waals surface area contributed by atoms with Gasteiger partial charge in [-0.2, -0.15) is 0 Å². The zero-order chi connectivity index (χ0) is 23.8. The lowest BCUT2D eigenvalue weighted by atomic mass is 9.59. The molecule has 4 atom stereocenters. The van der Waals surface area contributed by atoms with Gasteiger partial charge in [-0.25, -0.2) is 0 Å². The maximum absolute atomic E-state index is 13.1. The van der Waals surface area contributed by atoms with Crippen molar-refractivity contribution >= 4 is 5.91 Å². The molecule has 4 aliphatic rings. The van der Waals surface area contributed by atoms with Crippen LogP contribution < -0.4 is 5.56 Å². The van der Waals surface area contributed by atoms with Crippen molar-refractivity contribution in [3.63, 3.8) is 0 Å². The molecule has 2 aliphatic heterocycles. The summed E-state index contributed by atoms with van der Waals surface area (Å²) in [6.07, 6.45) is 1.60. The number of likely N-dealkylation sites (N-methyl/N-ethyl adjacent to an activating group) is 1. The minimum atomic E-state index is -1.08. The Kier molecular flexibility index (Phi) is 4.76. The second-order valence-corrected chi connectivity index (χ2v) is 10.6. The number of morpholine rings is 1. The molecule has 3 fully saturated rings. The molecule has 0 bridgehead atoms. The van der Waals surface area contributed by atoms with Gasteiger partial charge in [0.05, 0.1) is 18.8 Å². The number of phenols is 1. The molecule has 2 saturated heterocycles. The summed E-state index contributed by atoms with van der Waals surface area (Å²) in [5.41, 5.74) is 1.61. The van der Waals surface area contributed by atoms with Gasteiger partial charge in [-0.15, -0.1) is 0 Å². The Hall–Kier alpha value is -2.68. The van der Waals surface area contributed by atoms with Gasteiger partial charge in [0.15, 0.2) is 0 Å². The monoisotopic (exact) mass is 465 g/mol. The van der Waals surface area contributed by atoms with E-state index in [4.69, 9.17) is 4.74 Å². The fourth-order valence-corrected chi connectivity index (χ4v) is 7.32. The summed E-state index contributed by atoms with van der Waals surface area (Å²) in [6.45, 7) is 4.79. The van der Waals surface area contributed by atoms with Crippen molar-refractivity contribution in [1.82, 2.24) is 14.8 Å². The van der Waals surface area contributed by atoms with Crippen LogP contribution >= 0.6 is 0 Å². The third-order valence-corrected chi connectivity index (χ3v) is 8.79. The summed E-state index contributed by atoms with van der Waals surface area (Å²) in [6, 6.07) is 7.05. The van der Waals surface area contributed by atoms with Gasteiger partial charge in [-0.3, -0.25) is 14.5 Å². The van der Waals surface area contributed by atoms with Crippen molar-refractivity contribution in [3.05, 3.63) is 62.6 Å². The smallest absolute Gasteiger partial charge is 0.261 e. The predicted molar refractivity (Wildman–Crippen MR) is 125 cm³/mol. The second-order valence-electron chi connectivity index (χ2n) is 10.6. The van der Waals surface area contributed by atoms with Crippen molar-refractivity contribution in [1.29, 1.82) is 0 Å². The molecule has 0 radical (unpaired) electrons. The van der Waals surface area contributed by atoms with Crippen molar-refractivity contribution in [2.24, 2.45) is 5.92 Å². The van der Waals surface area contributed by atoms with Crippen LogP contribution in [0.1, 0.15) is 39.2 Å². The van der Waals surface area contributed by atoms with Crippen LogP contribution in [0, 0.1) is 12.8 Å². The highest BCUT2D eigenvalue weighted by Crippen LogP contribution is 2.61. The summed E-state index contributed by atoms with van der Waals surface area (Å²) >= 11 is 0. The molecular formula is C26H31N3O5. The third kappa shape index (κ3) is 2.88. The number of nitrogens with zero attached hydrogens (tertiary/aromatic N) is 2. The fourth-order valence-electron chi connectivity index (χ4n) is 7.32. The SMILES string of the molecule is Cc1ccc(O)cc1[C@@]12Cc3[nH]c(=O)c(C(=O)N4CCOCC4)cc3C[C@@]1(O)[C@H]1C(CN1C)C2. The molecule has 6 rings (SSSR count). The van der Waals surface area contributed by atoms with Gasteiger partial charge in [-0.1, -0.05) is 6.07 Å². The average molecular weight is 466 g/mol. The number of aryl methyl sites for hydroxylation is 1. The van der Waals surface area contributed by atoms with Crippen LogP contribution in [0.2, 0.25) is 0 Å². The standard InChI is InChI=1S/C26H31N3O5/c1-15-3-4-18(30)10-20(15)25-11-17-14-28(2)22(17)26(25,33)12-16-9-19(23(31)27-21(16)13-25)24(32)29-5-7-34-8-6-29/h3-4,9-10,17,22,30,33H,5-8,11-14H2,1-2H3,(H,27,31)/t17?,22-,25-,26-/m1/s1. The fraction of sp³-hybridized carbons (Fsp3) is 0.538. The van der Waals surface area contributed by atoms with E-state index in [-0.39, 0.29) is 28.8 Å². The van der Waals surface area contributed by atoms with E-state index in [9.17, 15) is 19.8 Å². The number of ether oxygens (including phenoxy) is 1. The summed E-state index contributed by atoms with van der Waals surface area (Å²) < 4.78 is 5.34. The van der Waals surface area contributed by atoms with E-state index in [0.717, 1.165) is 35.3 Å². The van der Waals surface area contributed by atoms with E-state index in [2.05, 4.69) is 9.88 Å². The summed E-state index contributed by atoms with van der Waals surface area (Å²) in [4.78, 5) is 33.0. The number of aromatic amines is 1. The van der Waals surface area contributed by atoms with Crippen LogP contribution in [0.4, 0.5) is 0 Å². The van der Waals surface area contributed by atoms with E-state index in [1.54, 1.807) is 23.1 Å². The highest BCUT2D eigenvalue weighted by molar-refractivity contribution is 5.94. The molecule has 1 unspecified atom stereocenters. The lowest BCUT2D eigenvalue weighted by Crippen LogP contribution is -2.67. The van der Waals surface area contributed by atoms with Crippen LogP contribution in [0.3, 0.4) is 0 Å². The number of fused-ring (bicyclic) bond motifs is 4. The molecule has 1 amide bonds. The van der Waals surface area contributed by atoms with Gasteiger partial charge in [0, 0.05) is 49.6 Å². The normalized spacial score (nSPS) is 32.5. The van der Waals surface area contributed by atoms with Crippen LogP contribution in [-0.2, 0) is 23.0 Å². The number of carbonyl (C=O) groups excluding carboxylic acids is 1. The summed E-state index contributed by atoms with van der Waals surface area (Å²) in [5, 5.41) is 22.8. The Morgan fingerprint density at radius 3 is 2.71 bits per heavy atom. The molecule has 2 aliphatic carbocycles. The summed E-state index contributed by atoms with van der Waals surface area (Å²) in [7, 11) is 2.04. The first-order chi connectivity index (χ1) is 16.2. The van der Waals surface area contributed by atoms with Crippen molar-refractivity contribution < 1.29 is 19.7 Å². The van der Waals surface area contributed by atoms with Crippen molar-refractivity contribution in [3.8, 4) is 5.75 Å². The molecular weight excluding hydrogens is 434 g/mol. The lowest BCUT2D eigenvalue weighted by molar-refractivity contribution is -0.108. The van der Waals surface area contributed by atoms with Crippen LogP contribution in [-0.4, -0.2) is 82.4 Å². The number of hydrogen-bond donors (Lipinski definition) is 3. The number of rotatable bonds is 2. The Morgan fingerprint density at radius 2 is 1.97 bits per heavy atom. The molecule has 1 aromatic heterocycles. The number of pyridine rings is 1. The lowest BCUT2D eigenvalue weighted by Gasteiger charge is -2.53. The molecule has 2 aromatic rings. The minimum absolute atomic E-state index is 0.00674. The van der Waals surface area contributed by atoms with E-state index in [1.165, 1.54) is 0 Å². The summed E-state index contributed by atoms with van der Waals surface area (Å²) in [5.74, 6) is 0.230. The molecule has 3 heterocycles. The minimum Gasteiger partial charge on any atom is -0.508 e. The Bertz CT molecular complexity index is 1240. The number of likely N-dealkylation sites (tertiary alicyclic amines) is 1. The van der Waals surface area contributed by atoms with Crippen molar-refractivity contribution in [2.45, 2.75) is 43.2 Å². The third-order valence-electron chi connectivity index (χ3n) is 8.79. The zero-order valence-electron chi connectivity index (χ0n) is 19.6. The molecule has 8 heteroatoms. The first kappa shape index (κ1) is 21.8. The number of carbonyl (C=O) groups is 1. The van der Waals surface area contributed by atoms with Gasteiger partial charge in [0.1, 0.15) is 11.3 Å². The number of hydrogen-bond acceptors (Lipinski definition) is 6. The topological polar surface area (TPSA) is 106 Å². The quantitative estimate of drug-likeness (QED) is 0.610. The van der Waals surface area contributed by atoms with Crippen LogP contribution in [0.15, 0.2) is 29.1 Å². The largest absolute Gasteiger partial charge is 0.508 e. The Labute approximate surface area is 198 Å². The number of aliphatic hydroxyl groups is 1. The molecule has 0 spiro atoms. The van der Waals surface area contributed by atoms with E-state index in [1.807, 2.05) is 20.0 Å². The molecule has 34 heavy (non-hydrogen) atoms. The van der Waals surface area contributed by atoms with Gasteiger partial charge < -0.3 is 24.8 Å². The number of nitrogens with one attached hydrogen (secondary N) is 1. The van der Waals surface area contributed by atoms with Crippen LogP contribution in [0.5, 0.6) is 5.75 Å². The number of benzene rings is 1. The maximum Gasteiger partial charge on any atom is 0.261 e. The van der Waals surface area contributed by atoms with Gasteiger partial charge in [0.25, 0.3) is 11.5 Å². The average Bonchev–Trinajstić information content (AvgIpc) is 3.01. The highest BCUT2D eigenvalue weighted by Gasteiger charge is 2.70. The first-order valence-electron chi connectivity index (χ1n) is 12.1. The van der Waals surface area contributed by atoms with E-state index >= 15 is 0 Å². The zero-order valence-corrected chi connectivity index (χ0v) is 19.6. The first-order valence-corrected chi connectivity index (χ1v) is 12.1. The van der Waals surface area contributed by atoms with Crippen LogP contribution in [0.25, 0.3) is 0 Å². The molecule has 8 nitrogen and oxygen atoms in total. The van der Waals surface area contributed by atoms with Crippen molar-refractivity contribution in [2.75, 3.05) is 39.9 Å². The van der Waals surface area contributed by atoms with E-state index in [0.29, 0.717) is 45.1 Å². The maximum atomic E-state index is 13.1. The molecule has 1 aromatic carbocycles. The number of aromatic hydroxyl groups is 1. The van der Waals surface area contributed by atoms with Gasteiger partial charge >= 0.3 is 0 Å². The Balaban J connectivity index is 1.47. The Morgan fingerprint density at radius 1 is 1.21 bits per heavy atom. The second kappa shape index (κ2) is 7.41. The number of aromatic nitrogens is 1. The number of phenolic OH excluding ortho intramolecular Hbond substituents is 1.